The molecule has 1 amide bonds. The lowest BCUT2D eigenvalue weighted by atomic mass is 9.95. The molecule has 3 saturated heterocycles. The third kappa shape index (κ3) is 3.89. The molecule has 5 rings (SSSR count). The summed E-state index contributed by atoms with van der Waals surface area (Å²) in [5, 5.41) is 13.8. The number of nitrogens with zero attached hydrogens (tertiary/aromatic N) is 7. The zero-order chi connectivity index (χ0) is 20.5. The second-order valence-electron chi connectivity index (χ2n) is 9.19. The largest absolute Gasteiger partial charge is 0.355 e. The summed E-state index contributed by atoms with van der Waals surface area (Å²) >= 11 is 0. The number of likely N-dealkylation sites (N-methyl/N-ethyl adjacent to an activating group) is 1. The van der Waals surface area contributed by atoms with Crippen LogP contribution in [0, 0.1) is 0 Å². The quantitative estimate of drug-likeness (QED) is 0.769. The normalized spacial score (nSPS) is 24.7. The summed E-state index contributed by atoms with van der Waals surface area (Å²) in [5.41, 5.74) is 0.842. The summed E-state index contributed by atoms with van der Waals surface area (Å²) in [6.07, 6.45) is 8.66. The fraction of sp³-hybridized carbons (Fsp3) is 0.727. The number of fused-ring (bicyclic) bond motifs is 1. The Morgan fingerprint density at radius 3 is 2.57 bits per heavy atom. The lowest BCUT2D eigenvalue weighted by Gasteiger charge is -2.36. The van der Waals surface area contributed by atoms with E-state index in [2.05, 4.69) is 26.1 Å². The minimum Gasteiger partial charge on any atom is -0.355 e. The van der Waals surface area contributed by atoms with Crippen LogP contribution < -0.4 is 4.90 Å². The van der Waals surface area contributed by atoms with E-state index in [0.29, 0.717) is 24.3 Å². The number of carbonyl (C=O) groups is 1. The molecular formula is C22H33N7O. The van der Waals surface area contributed by atoms with E-state index in [4.69, 9.17) is 5.10 Å². The Balaban J connectivity index is 1.24. The highest BCUT2D eigenvalue weighted by atomic mass is 16.2. The van der Waals surface area contributed by atoms with E-state index in [9.17, 15) is 4.79 Å². The molecular weight excluding hydrogens is 378 g/mol. The fourth-order valence-electron chi connectivity index (χ4n) is 5.28. The van der Waals surface area contributed by atoms with Crippen molar-refractivity contribution < 1.29 is 4.79 Å². The zero-order valence-electron chi connectivity index (χ0n) is 18.0. The van der Waals surface area contributed by atoms with Crippen LogP contribution in [0.15, 0.2) is 12.1 Å². The highest BCUT2D eigenvalue weighted by Gasteiger charge is 2.29. The lowest BCUT2D eigenvalue weighted by Crippen LogP contribution is -2.46. The Hall–Kier alpha value is -2.22. The van der Waals surface area contributed by atoms with Crippen LogP contribution in [0.2, 0.25) is 0 Å². The first-order valence-corrected chi connectivity index (χ1v) is 11.6. The van der Waals surface area contributed by atoms with Gasteiger partial charge in [-0.05, 0) is 63.7 Å². The van der Waals surface area contributed by atoms with Crippen molar-refractivity contribution >= 4 is 17.4 Å². The second kappa shape index (κ2) is 8.49. The minimum atomic E-state index is 0.308. The third-order valence-corrected chi connectivity index (χ3v) is 7.24. The van der Waals surface area contributed by atoms with Gasteiger partial charge in [0.05, 0.1) is 0 Å². The molecule has 2 aromatic heterocycles. The molecule has 2 aromatic rings. The van der Waals surface area contributed by atoms with Gasteiger partial charge < -0.3 is 14.7 Å². The van der Waals surface area contributed by atoms with Gasteiger partial charge >= 0.3 is 0 Å². The van der Waals surface area contributed by atoms with E-state index in [-0.39, 0.29) is 0 Å². The standard InChI is InChI=1S/C22H33N7O/c1-26-18(6-2-3-7-21(26)30)16-27-14-10-17(11-15-27)22-24-23-19-8-9-20(25-29(19)22)28-12-4-5-13-28/h8-9,17-18H,2-7,10-16H2,1H3. The Kier molecular flexibility index (Phi) is 5.58. The van der Waals surface area contributed by atoms with E-state index in [1.807, 2.05) is 22.5 Å². The van der Waals surface area contributed by atoms with Crippen LogP contribution in [0.4, 0.5) is 5.82 Å². The van der Waals surface area contributed by atoms with Crippen molar-refractivity contribution in [1.82, 2.24) is 29.6 Å². The number of hydrogen-bond acceptors (Lipinski definition) is 6. The predicted molar refractivity (Wildman–Crippen MR) is 116 cm³/mol. The van der Waals surface area contributed by atoms with Gasteiger partial charge in [-0.15, -0.1) is 15.3 Å². The Bertz CT molecular complexity index is 883. The number of amides is 1. The molecule has 0 radical (unpaired) electrons. The predicted octanol–water partition coefficient (Wildman–Crippen LogP) is 2.30. The van der Waals surface area contributed by atoms with Gasteiger partial charge in [-0.2, -0.15) is 4.52 Å². The summed E-state index contributed by atoms with van der Waals surface area (Å²) in [6.45, 7) is 5.26. The number of piperidine rings is 1. The van der Waals surface area contributed by atoms with Crippen molar-refractivity contribution in [2.45, 2.75) is 63.3 Å². The van der Waals surface area contributed by atoms with E-state index in [1.165, 1.54) is 12.8 Å². The van der Waals surface area contributed by atoms with E-state index < -0.39 is 0 Å². The van der Waals surface area contributed by atoms with Gasteiger partial charge in [-0.1, -0.05) is 6.42 Å². The molecule has 5 heterocycles. The molecule has 0 spiro atoms. The number of likely N-dealkylation sites (tertiary alicyclic amines) is 2. The number of carbonyl (C=O) groups excluding carboxylic acids is 1. The van der Waals surface area contributed by atoms with E-state index >= 15 is 0 Å². The maximum absolute atomic E-state index is 12.2. The fourth-order valence-corrected chi connectivity index (χ4v) is 5.28. The first-order valence-electron chi connectivity index (χ1n) is 11.6. The summed E-state index contributed by atoms with van der Waals surface area (Å²) < 4.78 is 1.98. The lowest BCUT2D eigenvalue weighted by molar-refractivity contribution is -0.131. The van der Waals surface area contributed by atoms with Crippen LogP contribution >= 0.6 is 0 Å². The number of anilines is 1. The van der Waals surface area contributed by atoms with E-state index in [1.54, 1.807) is 0 Å². The number of aromatic nitrogens is 4. The molecule has 0 N–H and O–H groups in total. The molecule has 162 valence electrons. The van der Waals surface area contributed by atoms with Gasteiger partial charge in [-0.3, -0.25) is 4.79 Å². The molecule has 8 nitrogen and oxygen atoms in total. The summed E-state index contributed by atoms with van der Waals surface area (Å²) in [4.78, 5) is 19.1. The average molecular weight is 412 g/mol. The van der Waals surface area contributed by atoms with Gasteiger partial charge in [0.1, 0.15) is 5.82 Å². The van der Waals surface area contributed by atoms with Crippen molar-refractivity contribution in [3.05, 3.63) is 18.0 Å². The Morgan fingerprint density at radius 1 is 0.967 bits per heavy atom. The maximum Gasteiger partial charge on any atom is 0.222 e. The van der Waals surface area contributed by atoms with Crippen LogP contribution in [-0.2, 0) is 4.79 Å². The van der Waals surface area contributed by atoms with Crippen molar-refractivity contribution in [1.29, 1.82) is 0 Å². The first kappa shape index (κ1) is 19.7. The molecule has 8 heteroatoms. The van der Waals surface area contributed by atoms with Gasteiger partial charge in [0.25, 0.3) is 0 Å². The Morgan fingerprint density at radius 2 is 1.77 bits per heavy atom. The first-order chi connectivity index (χ1) is 14.7. The van der Waals surface area contributed by atoms with Crippen molar-refractivity contribution in [3.63, 3.8) is 0 Å². The zero-order valence-corrected chi connectivity index (χ0v) is 18.0. The second-order valence-corrected chi connectivity index (χ2v) is 9.19. The third-order valence-electron chi connectivity index (χ3n) is 7.24. The molecule has 0 aliphatic carbocycles. The van der Waals surface area contributed by atoms with Crippen molar-refractivity contribution in [3.8, 4) is 0 Å². The van der Waals surface area contributed by atoms with Gasteiger partial charge in [0.2, 0.25) is 5.91 Å². The molecule has 0 bridgehead atoms. The van der Waals surface area contributed by atoms with Crippen LogP contribution in [0.3, 0.4) is 0 Å². The maximum atomic E-state index is 12.2. The molecule has 3 aliphatic rings. The average Bonchev–Trinajstić information content (AvgIpc) is 3.42. The van der Waals surface area contributed by atoms with Crippen LogP contribution in [-0.4, -0.2) is 81.3 Å². The molecule has 0 saturated carbocycles. The van der Waals surface area contributed by atoms with Crippen LogP contribution in [0.1, 0.15) is 63.1 Å². The SMILES string of the molecule is CN1C(=O)CCCCC1CN1CCC(c2nnc3ccc(N4CCCC4)nn23)CC1. The molecule has 0 aromatic carbocycles. The van der Waals surface area contributed by atoms with Crippen LogP contribution in [0.25, 0.3) is 5.65 Å². The summed E-state index contributed by atoms with van der Waals surface area (Å²) in [7, 11) is 1.98. The highest BCUT2D eigenvalue weighted by molar-refractivity contribution is 5.76. The van der Waals surface area contributed by atoms with Crippen molar-refractivity contribution in [2.24, 2.45) is 0 Å². The molecule has 1 unspecified atom stereocenters. The number of hydrogen-bond donors (Lipinski definition) is 0. The number of rotatable bonds is 4. The Labute approximate surface area is 178 Å². The smallest absolute Gasteiger partial charge is 0.222 e. The molecule has 3 aliphatic heterocycles. The monoisotopic (exact) mass is 411 g/mol. The highest BCUT2D eigenvalue weighted by Crippen LogP contribution is 2.28. The van der Waals surface area contributed by atoms with Crippen molar-refractivity contribution in [2.75, 3.05) is 44.7 Å². The van der Waals surface area contributed by atoms with Crippen LogP contribution in [0.5, 0.6) is 0 Å². The molecule has 30 heavy (non-hydrogen) atoms. The molecule has 3 fully saturated rings. The molecule has 1 atom stereocenters. The topological polar surface area (TPSA) is 69.9 Å². The van der Waals surface area contributed by atoms with Gasteiger partial charge in [-0.25, -0.2) is 0 Å². The van der Waals surface area contributed by atoms with E-state index in [0.717, 1.165) is 82.1 Å². The van der Waals surface area contributed by atoms with Gasteiger partial charge in [0.15, 0.2) is 11.5 Å². The summed E-state index contributed by atoms with van der Waals surface area (Å²) in [5.74, 6) is 2.75. The summed E-state index contributed by atoms with van der Waals surface area (Å²) in [6, 6.07) is 4.48. The minimum absolute atomic E-state index is 0.308. The van der Waals surface area contributed by atoms with Gasteiger partial charge in [0, 0.05) is 45.1 Å².